The molecule has 1 aromatic heterocycles. The Balaban J connectivity index is 2.01. The molecule has 0 aliphatic carbocycles. The van der Waals surface area contributed by atoms with Crippen molar-refractivity contribution in [3.05, 3.63) is 23.4 Å². The van der Waals surface area contributed by atoms with Crippen molar-refractivity contribution in [3.8, 4) is 5.75 Å². The van der Waals surface area contributed by atoms with Crippen LogP contribution in [-0.4, -0.2) is 34.8 Å². The highest BCUT2D eigenvalue weighted by Gasteiger charge is 2.21. The first kappa shape index (κ1) is 20.6. The number of rotatable bonds is 10. The molecule has 27 heavy (non-hydrogen) atoms. The predicted octanol–water partition coefficient (Wildman–Crippen LogP) is 3.47. The first-order valence-electron chi connectivity index (χ1n) is 8.69. The third-order valence-corrected chi connectivity index (χ3v) is 3.99. The largest absolute Gasteiger partial charge is 0.493 e. The zero-order chi connectivity index (χ0) is 20.0. The molecule has 0 unspecified atom stereocenters. The van der Waals surface area contributed by atoms with Gasteiger partial charge >= 0.3 is 5.97 Å². The van der Waals surface area contributed by atoms with Crippen molar-refractivity contribution in [2.75, 3.05) is 6.61 Å². The lowest BCUT2D eigenvalue weighted by atomic mass is 10.0. The maximum atomic E-state index is 13.0. The number of hydrogen-bond acceptors (Lipinski definition) is 5. The summed E-state index contributed by atoms with van der Waals surface area (Å²) in [5.41, 5.74) is 0.564. The van der Waals surface area contributed by atoms with Gasteiger partial charge in [-0.3, -0.25) is 9.59 Å². The average Bonchev–Trinajstić information content (AvgIpc) is 3.04. The van der Waals surface area contributed by atoms with Gasteiger partial charge in [0.2, 0.25) is 5.91 Å². The molecule has 0 bridgehead atoms. The number of carbonyl (C=O) groups excluding carboxylic acids is 1. The number of carboxylic acid groups (broad SMARTS) is 1. The molecule has 2 aromatic rings. The van der Waals surface area contributed by atoms with Crippen LogP contribution in [-0.2, 0) is 16.0 Å². The fraction of sp³-hybridized carbons (Fsp3) is 0.500. The van der Waals surface area contributed by atoms with E-state index in [4.69, 9.17) is 14.4 Å². The van der Waals surface area contributed by atoms with Crippen molar-refractivity contribution < 1.29 is 32.7 Å². The number of nitrogens with one attached hydrogen (secondary N) is 1. The van der Waals surface area contributed by atoms with Crippen LogP contribution in [0.15, 0.2) is 16.7 Å². The SMILES string of the molecule is CCCc1c(OCCCC(=O)N[C@@H](C)C(=O)O)ccc2c(C(F)F)noc12. The van der Waals surface area contributed by atoms with Crippen LogP contribution in [0.3, 0.4) is 0 Å². The summed E-state index contributed by atoms with van der Waals surface area (Å²) in [6.45, 7) is 3.54. The second-order valence-corrected chi connectivity index (χ2v) is 6.12. The van der Waals surface area contributed by atoms with E-state index in [1.807, 2.05) is 6.92 Å². The van der Waals surface area contributed by atoms with Crippen molar-refractivity contribution in [1.82, 2.24) is 10.5 Å². The highest BCUT2D eigenvalue weighted by molar-refractivity contribution is 5.85. The van der Waals surface area contributed by atoms with Crippen LogP contribution >= 0.6 is 0 Å². The molecule has 0 aliphatic rings. The van der Waals surface area contributed by atoms with Crippen molar-refractivity contribution >= 4 is 22.8 Å². The van der Waals surface area contributed by atoms with Crippen molar-refractivity contribution in [1.29, 1.82) is 0 Å². The minimum absolute atomic E-state index is 0.112. The van der Waals surface area contributed by atoms with E-state index in [0.717, 1.165) is 6.42 Å². The first-order chi connectivity index (χ1) is 12.8. The van der Waals surface area contributed by atoms with Gasteiger partial charge in [-0.25, -0.2) is 8.78 Å². The monoisotopic (exact) mass is 384 g/mol. The summed E-state index contributed by atoms with van der Waals surface area (Å²) in [4.78, 5) is 22.4. The Bertz CT molecular complexity index is 806. The van der Waals surface area contributed by atoms with E-state index in [1.165, 1.54) is 13.0 Å². The molecule has 0 saturated carbocycles. The van der Waals surface area contributed by atoms with Gasteiger partial charge in [0.15, 0.2) is 11.3 Å². The number of carbonyl (C=O) groups is 2. The standard InChI is InChI=1S/C18H22F2N2O5/c1-3-5-11-13(8-7-12-15(17(19)20)22-27-16(11)12)26-9-4-6-14(23)21-10(2)18(24)25/h7-8,10,17H,3-6,9H2,1-2H3,(H,21,23)(H,24,25)/t10-/m0/s1. The van der Waals surface area contributed by atoms with Crippen molar-refractivity contribution in [3.63, 3.8) is 0 Å². The Morgan fingerprint density at radius 3 is 2.74 bits per heavy atom. The molecule has 7 nitrogen and oxygen atoms in total. The summed E-state index contributed by atoms with van der Waals surface area (Å²) in [5, 5.41) is 14.8. The van der Waals surface area contributed by atoms with E-state index in [2.05, 4.69) is 10.5 Å². The molecule has 0 saturated heterocycles. The highest BCUT2D eigenvalue weighted by atomic mass is 19.3. The number of carboxylic acids is 1. The quantitative estimate of drug-likeness (QED) is 0.608. The van der Waals surface area contributed by atoms with E-state index < -0.39 is 24.1 Å². The van der Waals surface area contributed by atoms with E-state index in [0.29, 0.717) is 24.2 Å². The van der Waals surface area contributed by atoms with Gasteiger partial charge in [0.1, 0.15) is 11.8 Å². The molecule has 0 spiro atoms. The molecular weight excluding hydrogens is 362 g/mol. The van der Waals surface area contributed by atoms with E-state index in [9.17, 15) is 18.4 Å². The minimum Gasteiger partial charge on any atom is -0.493 e. The molecule has 0 aliphatic heterocycles. The summed E-state index contributed by atoms with van der Waals surface area (Å²) >= 11 is 0. The second kappa shape index (κ2) is 9.29. The molecular formula is C18H22F2N2O5. The summed E-state index contributed by atoms with van der Waals surface area (Å²) in [6.07, 6.45) is -0.905. The van der Waals surface area contributed by atoms with E-state index in [-0.39, 0.29) is 29.9 Å². The van der Waals surface area contributed by atoms with Crippen LogP contribution in [0.2, 0.25) is 0 Å². The second-order valence-electron chi connectivity index (χ2n) is 6.12. The number of halogens is 2. The van der Waals surface area contributed by atoms with Gasteiger partial charge in [-0.1, -0.05) is 18.5 Å². The number of aromatic nitrogens is 1. The van der Waals surface area contributed by atoms with Gasteiger partial charge in [0, 0.05) is 12.0 Å². The van der Waals surface area contributed by atoms with Gasteiger partial charge in [0.05, 0.1) is 12.0 Å². The molecule has 0 radical (unpaired) electrons. The number of aliphatic carboxylic acids is 1. The van der Waals surface area contributed by atoms with E-state index >= 15 is 0 Å². The Labute approximate surface area is 154 Å². The molecule has 1 aromatic carbocycles. The first-order valence-corrected chi connectivity index (χ1v) is 8.69. The molecule has 1 atom stereocenters. The Morgan fingerprint density at radius 2 is 2.11 bits per heavy atom. The van der Waals surface area contributed by atoms with Crippen molar-refractivity contribution in [2.24, 2.45) is 0 Å². The fourth-order valence-electron chi connectivity index (χ4n) is 2.63. The minimum atomic E-state index is -2.72. The smallest absolute Gasteiger partial charge is 0.325 e. The predicted molar refractivity (Wildman–Crippen MR) is 92.9 cm³/mol. The van der Waals surface area contributed by atoms with Crippen LogP contribution in [0.5, 0.6) is 5.75 Å². The number of nitrogens with zero attached hydrogens (tertiary/aromatic N) is 1. The normalized spacial score (nSPS) is 12.3. The molecule has 1 heterocycles. The summed E-state index contributed by atoms with van der Waals surface area (Å²) in [6, 6.07) is 2.14. The zero-order valence-electron chi connectivity index (χ0n) is 15.1. The lowest BCUT2D eigenvalue weighted by molar-refractivity contribution is -0.141. The molecule has 9 heteroatoms. The van der Waals surface area contributed by atoms with Crippen LogP contribution < -0.4 is 10.1 Å². The molecule has 0 fully saturated rings. The van der Waals surface area contributed by atoms with Crippen LogP contribution in [0, 0.1) is 0 Å². The number of benzene rings is 1. The maximum absolute atomic E-state index is 13.0. The topological polar surface area (TPSA) is 102 Å². The van der Waals surface area contributed by atoms with Gasteiger partial charge in [-0.2, -0.15) is 0 Å². The number of ether oxygens (including phenoxy) is 1. The molecule has 1 amide bonds. The molecule has 2 rings (SSSR count). The van der Waals surface area contributed by atoms with E-state index in [1.54, 1.807) is 6.07 Å². The highest BCUT2D eigenvalue weighted by Crippen LogP contribution is 2.34. The molecule has 148 valence electrons. The number of fused-ring (bicyclic) bond motifs is 1. The van der Waals surface area contributed by atoms with Crippen LogP contribution in [0.4, 0.5) is 8.78 Å². The van der Waals surface area contributed by atoms with Gasteiger partial charge in [-0.15, -0.1) is 0 Å². The Morgan fingerprint density at radius 1 is 1.37 bits per heavy atom. The van der Waals surface area contributed by atoms with Gasteiger partial charge in [-0.05, 0) is 31.9 Å². The number of alkyl halides is 2. The lowest BCUT2D eigenvalue weighted by Gasteiger charge is -2.12. The zero-order valence-corrected chi connectivity index (χ0v) is 15.1. The average molecular weight is 384 g/mol. The third kappa shape index (κ3) is 5.15. The summed E-state index contributed by atoms with van der Waals surface area (Å²) < 4.78 is 36.8. The van der Waals surface area contributed by atoms with Crippen molar-refractivity contribution in [2.45, 2.75) is 52.0 Å². The van der Waals surface area contributed by atoms with Gasteiger partial charge < -0.3 is 19.7 Å². The third-order valence-electron chi connectivity index (χ3n) is 3.99. The number of aryl methyl sites for hydroxylation is 1. The fourth-order valence-corrected chi connectivity index (χ4v) is 2.63. The van der Waals surface area contributed by atoms with Gasteiger partial charge in [0.25, 0.3) is 6.43 Å². The number of hydrogen-bond donors (Lipinski definition) is 2. The van der Waals surface area contributed by atoms with Crippen LogP contribution in [0.1, 0.15) is 50.8 Å². The summed E-state index contributed by atoms with van der Waals surface area (Å²) in [5.74, 6) is -0.984. The maximum Gasteiger partial charge on any atom is 0.325 e. The number of amides is 1. The summed E-state index contributed by atoms with van der Waals surface area (Å²) in [7, 11) is 0. The van der Waals surface area contributed by atoms with Crippen LogP contribution in [0.25, 0.3) is 11.0 Å². The Hall–Kier alpha value is -2.71. The lowest BCUT2D eigenvalue weighted by Crippen LogP contribution is -2.38. The Kier molecular flexibility index (Phi) is 7.09. The molecule has 2 N–H and O–H groups in total.